The summed E-state index contributed by atoms with van der Waals surface area (Å²) in [4.78, 5) is 33.8. The van der Waals surface area contributed by atoms with Crippen LogP contribution in [-0.4, -0.2) is 41.0 Å². The van der Waals surface area contributed by atoms with Crippen molar-refractivity contribution in [1.29, 1.82) is 0 Å². The Bertz CT molecular complexity index is 1130. The summed E-state index contributed by atoms with van der Waals surface area (Å²) in [7, 11) is 0. The minimum atomic E-state index is -0.758. The highest BCUT2D eigenvalue weighted by atomic mass is 32.1. The maximum atomic E-state index is 14.4. The smallest absolute Gasteiger partial charge is 0.325 e. The van der Waals surface area contributed by atoms with E-state index in [-0.39, 0.29) is 33.9 Å². The highest BCUT2D eigenvalue weighted by Gasteiger charge is 2.23. The number of thiophene rings is 1. The van der Waals surface area contributed by atoms with Crippen molar-refractivity contribution in [1.82, 2.24) is 20.6 Å². The van der Waals surface area contributed by atoms with Gasteiger partial charge < -0.3 is 10.6 Å². The van der Waals surface area contributed by atoms with E-state index in [2.05, 4.69) is 31.2 Å². The van der Waals surface area contributed by atoms with E-state index < -0.39 is 17.7 Å². The van der Waals surface area contributed by atoms with Gasteiger partial charge in [-0.05, 0) is 37.6 Å². The Morgan fingerprint density at radius 3 is 2.79 bits per heavy atom. The van der Waals surface area contributed by atoms with Gasteiger partial charge in [-0.1, -0.05) is 6.42 Å². The van der Waals surface area contributed by atoms with Crippen LogP contribution in [0.15, 0.2) is 42.9 Å². The van der Waals surface area contributed by atoms with Gasteiger partial charge in [-0.15, -0.1) is 11.3 Å². The van der Waals surface area contributed by atoms with Crippen molar-refractivity contribution < 1.29 is 18.4 Å². The Morgan fingerprint density at radius 2 is 2.00 bits per heavy atom. The molecule has 0 saturated carbocycles. The molecule has 0 spiro atoms. The largest absolute Gasteiger partial charge is 0.348 e. The van der Waals surface area contributed by atoms with Crippen LogP contribution in [0, 0.1) is 11.6 Å². The van der Waals surface area contributed by atoms with Crippen molar-refractivity contribution >= 4 is 34.1 Å². The maximum Gasteiger partial charge on any atom is 0.325 e. The van der Waals surface area contributed by atoms with Gasteiger partial charge in [0.15, 0.2) is 5.82 Å². The van der Waals surface area contributed by atoms with E-state index in [0.717, 1.165) is 49.3 Å². The summed E-state index contributed by atoms with van der Waals surface area (Å²) in [6.07, 6.45) is 7.12. The van der Waals surface area contributed by atoms with Gasteiger partial charge in [0, 0.05) is 41.5 Å². The number of hydrogen-bond acceptors (Lipinski definition) is 6. The number of anilines is 2. The molecular weight excluding hydrogens is 450 g/mol. The molecule has 2 aromatic heterocycles. The third kappa shape index (κ3) is 5.88. The Kier molecular flexibility index (Phi) is 7.20. The number of aromatic nitrogens is 2. The van der Waals surface area contributed by atoms with Crippen molar-refractivity contribution in [3.05, 3.63) is 60.1 Å². The van der Waals surface area contributed by atoms with E-state index in [1.807, 2.05) is 0 Å². The molecule has 11 heteroatoms. The molecule has 3 aromatic rings. The molecule has 1 fully saturated rings. The number of nitrogens with zero attached hydrogens (tertiary/aromatic N) is 2. The molecule has 33 heavy (non-hydrogen) atoms. The Hall–Kier alpha value is -3.44. The second-order valence-electron chi connectivity index (χ2n) is 7.52. The fraction of sp³-hybridized carbons (Fsp3) is 0.273. The topological polar surface area (TPSA) is 108 Å². The number of hydrogen-bond donors (Lipinski definition) is 4. The van der Waals surface area contributed by atoms with Crippen LogP contribution in [0.5, 0.6) is 0 Å². The van der Waals surface area contributed by atoms with Crippen molar-refractivity contribution in [2.45, 2.75) is 25.3 Å². The number of carbonyl (C=O) groups excluding carboxylic acids is 2. The molecule has 8 nitrogen and oxygen atoms in total. The van der Waals surface area contributed by atoms with Gasteiger partial charge in [-0.25, -0.2) is 18.6 Å². The second kappa shape index (κ2) is 10.5. The van der Waals surface area contributed by atoms with Crippen LogP contribution >= 0.6 is 11.3 Å². The number of carbonyl (C=O) groups is 2. The molecular formula is C22H22F2N6O2S. The highest BCUT2D eigenvalue weighted by Crippen LogP contribution is 2.37. The molecule has 3 amide bonds. The summed E-state index contributed by atoms with van der Waals surface area (Å²) in [5.41, 5.74) is 0.325. The average Bonchev–Trinajstić information content (AvgIpc) is 3.02. The standard InChI is InChI=1S/C22H22F2N6O2S/c23-13-4-5-15(17(24)9-13)18-10-16(20(31)28-14-3-1-2-6-25-11-14)21(33-18)30-22(32)29-19-12-26-7-8-27-19/h4-5,7-10,12,14,25H,1-3,6,11H2,(H,28,31)(H2,27,29,30,32)/t14-/m0/s1. The lowest BCUT2D eigenvalue weighted by atomic mass is 10.1. The Balaban J connectivity index is 1.60. The Morgan fingerprint density at radius 1 is 1.12 bits per heavy atom. The zero-order chi connectivity index (χ0) is 23.2. The first-order valence-corrected chi connectivity index (χ1v) is 11.3. The minimum absolute atomic E-state index is 0.0628. The summed E-state index contributed by atoms with van der Waals surface area (Å²) in [6.45, 7) is 1.54. The van der Waals surface area contributed by atoms with Crippen LogP contribution < -0.4 is 21.3 Å². The molecule has 0 bridgehead atoms. The number of halogens is 2. The second-order valence-corrected chi connectivity index (χ2v) is 8.57. The van der Waals surface area contributed by atoms with Gasteiger partial charge >= 0.3 is 6.03 Å². The minimum Gasteiger partial charge on any atom is -0.348 e. The summed E-state index contributed by atoms with van der Waals surface area (Å²) < 4.78 is 27.8. The van der Waals surface area contributed by atoms with Crippen LogP contribution in [0.3, 0.4) is 0 Å². The van der Waals surface area contributed by atoms with Gasteiger partial charge in [-0.2, -0.15) is 0 Å². The zero-order valence-corrected chi connectivity index (χ0v) is 18.3. The predicted octanol–water partition coefficient (Wildman–Crippen LogP) is 4.00. The lowest BCUT2D eigenvalue weighted by Crippen LogP contribution is -2.41. The number of nitrogens with one attached hydrogen (secondary N) is 4. The molecule has 1 aliphatic heterocycles. The molecule has 1 aromatic carbocycles. The summed E-state index contributed by atoms with van der Waals surface area (Å²) >= 11 is 1.02. The van der Waals surface area contributed by atoms with Crippen molar-refractivity contribution in [3.8, 4) is 10.4 Å². The first-order chi connectivity index (χ1) is 16.0. The monoisotopic (exact) mass is 472 g/mol. The van der Waals surface area contributed by atoms with Crippen LogP contribution in [0.4, 0.5) is 24.4 Å². The van der Waals surface area contributed by atoms with Gasteiger partial charge in [-0.3, -0.25) is 20.4 Å². The number of amides is 3. The lowest BCUT2D eigenvalue weighted by Gasteiger charge is -2.16. The number of rotatable bonds is 5. The molecule has 4 rings (SSSR count). The molecule has 3 heterocycles. The summed E-state index contributed by atoms with van der Waals surface area (Å²) in [5, 5.41) is 11.7. The third-order valence-electron chi connectivity index (χ3n) is 5.09. The zero-order valence-electron chi connectivity index (χ0n) is 17.5. The van der Waals surface area contributed by atoms with E-state index in [9.17, 15) is 18.4 Å². The van der Waals surface area contributed by atoms with Crippen LogP contribution in [0.2, 0.25) is 0 Å². The highest BCUT2D eigenvalue weighted by molar-refractivity contribution is 7.20. The van der Waals surface area contributed by atoms with E-state index >= 15 is 0 Å². The quantitative estimate of drug-likeness (QED) is 0.449. The third-order valence-corrected chi connectivity index (χ3v) is 6.17. The predicted molar refractivity (Wildman–Crippen MR) is 122 cm³/mol. The van der Waals surface area contributed by atoms with Crippen LogP contribution in [0.1, 0.15) is 29.6 Å². The molecule has 4 N–H and O–H groups in total. The molecule has 1 saturated heterocycles. The fourth-order valence-corrected chi connectivity index (χ4v) is 4.57. The van der Waals surface area contributed by atoms with E-state index in [4.69, 9.17) is 0 Å². The summed E-state index contributed by atoms with van der Waals surface area (Å²) in [6, 6.07) is 4.03. The SMILES string of the molecule is O=C(Nc1cnccn1)Nc1sc(-c2ccc(F)cc2F)cc1C(=O)N[C@H]1CCCCNC1. The van der Waals surface area contributed by atoms with Gasteiger partial charge in [0.05, 0.1) is 11.8 Å². The van der Waals surface area contributed by atoms with E-state index in [1.54, 1.807) is 0 Å². The van der Waals surface area contributed by atoms with Gasteiger partial charge in [0.2, 0.25) is 0 Å². The molecule has 0 radical (unpaired) electrons. The molecule has 0 aliphatic carbocycles. The van der Waals surface area contributed by atoms with Gasteiger partial charge in [0.25, 0.3) is 5.91 Å². The van der Waals surface area contributed by atoms with Crippen LogP contribution in [-0.2, 0) is 0 Å². The lowest BCUT2D eigenvalue weighted by molar-refractivity contribution is 0.0937. The fourth-order valence-electron chi connectivity index (χ4n) is 3.49. The maximum absolute atomic E-state index is 14.4. The van der Waals surface area contributed by atoms with Crippen molar-refractivity contribution in [2.24, 2.45) is 0 Å². The number of benzene rings is 1. The first kappa shape index (κ1) is 22.7. The van der Waals surface area contributed by atoms with Crippen molar-refractivity contribution in [2.75, 3.05) is 23.7 Å². The molecule has 0 unspecified atom stereocenters. The van der Waals surface area contributed by atoms with E-state index in [1.165, 1.54) is 30.7 Å². The van der Waals surface area contributed by atoms with Crippen molar-refractivity contribution in [3.63, 3.8) is 0 Å². The van der Waals surface area contributed by atoms with Gasteiger partial charge in [0.1, 0.15) is 16.6 Å². The molecule has 1 atom stereocenters. The Labute approximate surface area is 192 Å². The molecule has 1 aliphatic rings. The normalized spacial score (nSPS) is 16.0. The first-order valence-electron chi connectivity index (χ1n) is 10.4. The summed E-state index contributed by atoms with van der Waals surface area (Å²) in [5.74, 6) is -1.62. The molecule has 172 valence electrons. The number of urea groups is 1. The van der Waals surface area contributed by atoms with Crippen LogP contribution in [0.25, 0.3) is 10.4 Å². The van der Waals surface area contributed by atoms with E-state index in [0.29, 0.717) is 11.4 Å². The average molecular weight is 473 g/mol.